The molecule has 0 aliphatic heterocycles. The van der Waals surface area contributed by atoms with Crippen LogP contribution < -0.4 is 5.32 Å². The zero-order valence-electron chi connectivity index (χ0n) is 11.4. The summed E-state index contributed by atoms with van der Waals surface area (Å²) in [7, 11) is 0. The van der Waals surface area contributed by atoms with E-state index in [1.54, 1.807) is 11.3 Å². The zero-order chi connectivity index (χ0) is 13.9. The maximum Gasteiger partial charge on any atom is 0.223 e. The highest BCUT2D eigenvalue weighted by molar-refractivity contribution is 7.10. The van der Waals surface area contributed by atoms with E-state index in [9.17, 15) is 4.79 Å². The van der Waals surface area contributed by atoms with Crippen molar-refractivity contribution >= 4 is 17.2 Å². The smallest absolute Gasteiger partial charge is 0.223 e. The number of carbonyl (C=O) groups is 1. The van der Waals surface area contributed by atoms with Gasteiger partial charge in [-0.15, -0.1) is 11.3 Å². The first-order valence-corrected chi connectivity index (χ1v) is 8.09. The lowest BCUT2D eigenvalue weighted by atomic mass is 9.88. The summed E-state index contributed by atoms with van der Waals surface area (Å²) in [4.78, 5) is 13.3. The highest BCUT2D eigenvalue weighted by Crippen LogP contribution is 2.48. The van der Waals surface area contributed by atoms with Gasteiger partial charge in [0.1, 0.15) is 6.61 Å². The molecule has 2 N–H and O–H groups in total. The Morgan fingerprint density at radius 2 is 2.35 bits per heavy atom. The van der Waals surface area contributed by atoms with Crippen LogP contribution in [-0.2, 0) is 11.3 Å². The molecular weight excluding hydrogens is 270 g/mol. The summed E-state index contributed by atoms with van der Waals surface area (Å²) in [6.45, 7) is 0.477. The third-order valence-corrected chi connectivity index (χ3v) is 5.41. The number of hydrogen-bond acceptors (Lipinski definition) is 3. The Morgan fingerprint density at radius 3 is 3.05 bits per heavy atom. The molecule has 106 valence electrons. The van der Waals surface area contributed by atoms with Crippen molar-refractivity contribution in [2.24, 2.45) is 17.8 Å². The summed E-state index contributed by atoms with van der Waals surface area (Å²) in [5.74, 6) is 7.43. The number of rotatable bonds is 3. The molecule has 1 heterocycles. The second-order valence-electron chi connectivity index (χ2n) is 5.76. The summed E-state index contributed by atoms with van der Waals surface area (Å²) in [6, 6.07) is 1.98. The van der Waals surface area contributed by atoms with Crippen LogP contribution in [0.5, 0.6) is 0 Å². The average molecular weight is 289 g/mol. The molecule has 0 radical (unpaired) electrons. The van der Waals surface area contributed by atoms with Crippen molar-refractivity contribution in [2.45, 2.75) is 32.2 Å². The lowest BCUT2D eigenvalue weighted by Crippen LogP contribution is -2.33. The maximum atomic E-state index is 12.2. The van der Waals surface area contributed by atoms with Gasteiger partial charge in [0.15, 0.2) is 0 Å². The molecule has 2 fully saturated rings. The molecule has 3 nitrogen and oxygen atoms in total. The lowest BCUT2D eigenvalue weighted by Gasteiger charge is -2.20. The van der Waals surface area contributed by atoms with Crippen molar-refractivity contribution in [1.29, 1.82) is 0 Å². The Labute approximate surface area is 123 Å². The van der Waals surface area contributed by atoms with Crippen LogP contribution >= 0.6 is 11.3 Å². The van der Waals surface area contributed by atoms with E-state index in [1.807, 2.05) is 11.4 Å². The Kier molecular flexibility index (Phi) is 4.09. The quantitative estimate of drug-likeness (QED) is 0.838. The van der Waals surface area contributed by atoms with E-state index in [2.05, 4.69) is 17.2 Å². The van der Waals surface area contributed by atoms with E-state index in [4.69, 9.17) is 5.11 Å². The van der Waals surface area contributed by atoms with Crippen LogP contribution in [0, 0.1) is 29.6 Å². The Bertz CT molecular complexity index is 554. The molecule has 1 amide bonds. The molecule has 2 aliphatic carbocycles. The van der Waals surface area contributed by atoms with E-state index in [0.717, 1.165) is 22.8 Å². The second-order valence-corrected chi connectivity index (χ2v) is 6.76. The Morgan fingerprint density at radius 1 is 1.45 bits per heavy atom. The van der Waals surface area contributed by atoms with Gasteiger partial charge in [-0.05, 0) is 37.2 Å². The van der Waals surface area contributed by atoms with Gasteiger partial charge in [-0.1, -0.05) is 18.3 Å². The van der Waals surface area contributed by atoms with Gasteiger partial charge in [0, 0.05) is 21.7 Å². The number of aliphatic hydroxyl groups excluding tert-OH is 1. The van der Waals surface area contributed by atoms with Crippen LogP contribution in [0.2, 0.25) is 0 Å². The van der Waals surface area contributed by atoms with E-state index < -0.39 is 0 Å². The fourth-order valence-corrected chi connectivity index (χ4v) is 4.31. The minimum atomic E-state index is -0.119. The first-order valence-electron chi connectivity index (χ1n) is 7.21. The van der Waals surface area contributed by atoms with E-state index in [1.165, 1.54) is 19.3 Å². The number of thiophene rings is 1. The SMILES string of the molecule is O=C(NCc1cc(C#CCO)cs1)C1CC2CCC1C2. The third-order valence-electron chi connectivity index (χ3n) is 4.48. The minimum absolute atomic E-state index is 0.119. The van der Waals surface area contributed by atoms with Crippen molar-refractivity contribution in [1.82, 2.24) is 5.32 Å². The number of nitrogens with one attached hydrogen (secondary N) is 1. The first kappa shape index (κ1) is 13.7. The highest BCUT2D eigenvalue weighted by atomic mass is 32.1. The van der Waals surface area contributed by atoms with Crippen LogP contribution in [0.1, 0.15) is 36.1 Å². The monoisotopic (exact) mass is 289 g/mol. The molecule has 2 bridgehead atoms. The molecule has 1 aromatic heterocycles. The third kappa shape index (κ3) is 2.89. The van der Waals surface area contributed by atoms with Gasteiger partial charge < -0.3 is 10.4 Å². The summed E-state index contributed by atoms with van der Waals surface area (Å²) in [5.41, 5.74) is 0.910. The van der Waals surface area contributed by atoms with Gasteiger partial charge >= 0.3 is 0 Å². The largest absolute Gasteiger partial charge is 0.384 e. The number of carbonyl (C=O) groups excluding carboxylic acids is 1. The molecule has 3 rings (SSSR count). The van der Waals surface area contributed by atoms with Gasteiger partial charge in [-0.2, -0.15) is 0 Å². The van der Waals surface area contributed by atoms with E-state index >= 15 is 0 Å². The standard InChI is InChI=1S/C16H19NO2S/c18-5-1-2-12-7-14(20-10-12)9-17-16(19)15-8-11-3-4-13(15)6-11/h7,10-11,13,15,18H,3-6,8-9H2,(H,17,19). The molecule has 2 saturated carbocycles. The fourth-order valence-electron chi connectivity index (χ4n) is 3.55. The van der Waals surface area contributed by atoms with Crippen molar-refractivity contribution < 1.29 is 9.90 Å². The summed E-state index contributed by atoms with van der Waals surface area (Å²) in [5, 5.41) is 13.7. The van der Waals surface area contributed by atoms with Gasteiger partial charge in [-0.25, -0.2) is 0 Å². The molecule has 4 heteroatoms. The van der Waals surface area contributed by atoms with Crippen molar-refractivity contribution in [2.75, 3.05) is 6.61 Å². The number of aliphatic hydroxyl groups is 1. The number of fused-ring (bicyclic) bond motifs is 2. The van der Waals surface area contributed by atoms with Crippen LogP contribution in [-0.4, -0.2) is 17.6 Å². The maximum absolute atomic E-state index is 12.2. The number of amides is 1. The molecule has 0 aromatic carbocycles. The molecular formula is C16H19NO2S. The van der Waals surface area contributed by atoms with Crippen LogP contribution in [0.4, 0.5) is 0 Å². The van der Waals surface area contributed by atoms with Gasteiger partial charge in [0.05, 0.1) is 6.54 Å². The second kappa shape index (κ2) is 5.99. The van der Waals surface area contributed by atoms with Crippen molar-refractivity contribution in [3.05, 3.63) is 21.9 Å². The average Bonchev–Trinajstić information content (AvgIpc) is 3.18. The van der Waals surface area contributed by atoms with Gasteiger partial charge in [-0.3, -0.25) is 4.79 Å². The summed E-state index contributed by atoms with van der Waals surface area (Å²) < 4.78 is 0. The van der Waals surface area contributed by atoms with Crippen molar-refractivity contribution in [3.8, 4) is 11.8 Å². The molecule has 0 spiro atoms. The minimum Gasteiger partial charge on any atom is -0.384 e. The van der Waals surface area contributed by atoms with Crippen molar-refractivity contribution in [3.63, 3.8) is 0 Å². The van der Waals surface area contributed by atoms with E-state index in [0.29, 0.717) is 12.5 Å². The fraction of sp³-hybridized carbons (Fsp3) is 0.562. The van der Waals surface area contributed by atoms with E-state index in [-0.39, 0.29) is 18.4 Å². The number of hydrogen-bond donors (Lipinski definition) is 2. The Hall–Kier alpha value is -1.31. The lowest BCUT2D eigenvalue weighted by molar-refractivity contribution is -0.126. The normalized spacial score (nSPS) is 27.1. The highest BCUT2D eigenvalue weighted by Gasteiger charge is 2.42. The topological polar surface area (TPSA) is 49.3 Å². The molecule has 2 aliphatic rings. The van der Waals surface area contributed by atoms with Crippen LogP contribution in [0.25, 0.3) is 0 Å². The predicted molar refractivity (Wildman–Crippen MR) is 79.1 cm³/mol. The molecule has 3 unspecified atom stereocenters. The zero-order valence-corrected chi connectivity index (χ0v) is 12.2. The summed E-state index contributed by atoms with van der Waals surface area (Å²) >= 11 is 1.60. The predicted octanol–water partition coefficient (Wildman–Crippen LogP) is 2.14. The van der Waals surface area contributed by atoms with Crippen LogP contribution in [0.3, 0.4) is 0 Å². The van der Waals surface area contributed by atoms with Gasteiger partial charge in [0.25, 0.3) is 0 Å². The first-order chi connectivity index (χ1) is 9.76. The molecule has 1 aromatic rings. The van der Waals surface area contributed by atoms with Gasteiger partial charge in [0.2, 0.25) is 5.91 Å². The molecule has 20 heavy (non-hydrogen) atoms. The molecule has 0 saturated heterocycles. The Balaban J connectivity index is 1.51. The van der Waals surface area contributed by atoms with Crippen LogP contribution in [0.15, 0.2) is 11.4 Å². The molecule has 3 atom stereocenters. The summed E-state index contributed by atoms with van der Waals surface area (Å²) in [6.07, 6.45) is 4.92.